The highest BCUT2D eigenvalue weighted by atomic mass is 16.6. The molecular formula is C32H30O7. The van der Waals surface area contributed by atoms with Crippen LogP contribution in [0.15, 0.2) is 78.9 Å². The highest BCUT2D eigenvalue weighted by molar-refractivity contribution is 6.11. The van der Waals surface area contributed by atoms with Crippen LogP contribution in [0.5, 0.6) is 17.2 Å². The molecule has 3 aromatic rings. The van der Waals surface area contributed by atoms with Gasteiger partial charge in [-0.25, -0.2) is 0 Å². The Morgan fingerprint density at radius 2 is 1.64 bits per heavy atom. The Bertz CT molecular complexity index is 1410. The molecule has 5 rings (SSSR count). The molecule has 2 aliphatic rings. The normalized spacial score (nSPS) is 23.4. The molecule has 200 valence electrons. The van der Waals surface area contributed by atoms with Crippen molar-refractivity contribution in [3.63, 3.8) is 0 Å². The lowest BCUT2D eigenvalue weighted by atomic mass is 9.80. The van der Waals surface area contributed by atoms with Crippen molar-refractivity contribution in [2.75, 3.05) is 0 Å². The van der Waals surface area contributed by atoms with Crippen LogP contribution in [-0.2, 0) is 9.53 Å². The molecule has 3 atom stereocenters. The second-order valence-corrected chi connectivity index (χ2v) is 9.97. The fourth-order valence-corrected chi connectivity index (χ4v) is 5.27. The number of benzene rings is 3. The van der Waals surface area contributed by atoms with Crippen LogP contribution in [0.25, 0.3) is 12.2 Å². The molecule has 0 unspecified atom stereocenters. The van der Waals surface area contributed by atoms with Crippen molar-refractivity contribution in [1.29, 1.82) is 0 Å². The maximum atomic E-state index is 13.1. The van der Waals surface area contributed by atoms with Crippen molar-refractivity contribution >= 4 is 23.9 Å². The summed E-state index contributed by atoms with van der Waals surface area (Å²) >= 11 is 0. The zero-order chi connectivity index (χ0) is 27.4. The third-order valence-electron chi connectivity index (χ3n) is 7.09. The van der Waals surface area contributed by atoms with Gasteiger partial charge in [0.2, 0.25) is 0 Å². The Morgan fingerprint density at radius 3 is 2.33 bits per heavy atom. The minimum atomic E-state index is -1.66. The quantitative estimate of drug-likeness (QED) is 0.168. The molecule has 0 aromatic heterocycles. The van der Waals surface area contributed by atoms with Gasteiger partial charge in [-0.15, -0.1) is 0 Å². The summed E-state index contributed by atoms with van der Waals surface area (Å²) in [6, 6.07) is 19.9. The maximum absolute atomic E-state index is 13.1. The summed E-state index contributed by atoms with van der Waals surface area (Å²) in [6.45, 7) is 0. The number of aromatic hydroxyl groups is 2. The van der Waals surface area contributed by atoms with Crippen LogP contribution in [0.4, 0.5) is 0 Å². The number of carbonyl (C=O) groups excluding carboxylic acids is 2. The molecule has 0 spiro atoms. The van der Waals surface area contributed by atoms with Gasteiger partial charge in [0.1, 0.15) is 22.8 Å². The molecule has 2 bridgehead atoms. The lowest BCUT2D eigenvalue weighted by Gasteiger charge is -2.41. The largest absolute Gasteiger partial charge is 0.507 e. The first-order valence-electron chi connectivity index (χ1n) is 13.0. The Hall–Kier alpha value is -4.20. The van der Waals surface area contributed by atoms with E-state index in [1.165, 1.54) is 12.1 Å². The van der Waals surface area contributed by atoms with Gasteiger partial charge in [-0.2, -0.15) is 0 Å². The lowest BCUT2D eigenvalue weighted by Crippen LogP contribution is -2.42. The second-order valence-electron chi connectivity index (χ2n) is 9.97. The Kier molecular flexibility index (Phi) is 7.63. The first-order chi connectivity index (χ1) is 18.8. The highest BCUT2D eigenvalue weighted by Crippen LogP contribution is 2.50. The van der Waals surface area contributed by atoms with Gasteiger partial charge in [0.25, 0.3) is 0 Å². The van der Waals surface area contributed by atoms with Crippen molar-refractivity contribution in [3.05, 3.63) is 101 Å². The molecule has 7 heteroatoms. The average Bonchev–Trinajstić information content (AvgIpc) is 2.91. The highest BCUT2D eigenvalue weighted by Gasteiger charge is 2.42. The molecule has 1 fully saturated rings. The van der Waals surface area contributed by atoms with Gasteiger partial charge in [0.05, 0.1) is 6.10 Å². The lowest BCUT2D eigenvalue weighted by molar-refractivity contribution is -0.227. The van der Waals surface area contributed by atoms with Crippen molar-refractivity contribution in [3.8, 4) is 17.2 Å². The SMILES string of the molecule is O=C1CCC[C@@H]2C[C@H](C[C@](O)(/C=C/c3ccccc3)O2)c2c(cc(O)c(C(=O)/C=C/c3ccccc3)c2O)O1. The third-order valence-corrected chi connectivity index (χ3v) is 7.09. The van der Waals surface area contributed by atoms with Crippen LogP contribution in [0.3, 0.4) is 0 Å². The summed E-state index contributed by atoms with van der Waals surface area (Å²) in [5.41, 5.74) is 1.56. The van der Waals surface area contributed by atoms with E-state index in [2.05, 4.69) is 0 Å². The van der Waals surface area contributed by atoms with Crippen molar-refractivity contribution in [2.45, 2.75) is 49.9 Å². The van der Waals surface area contributed by atoms with E-state index < -0.39 is 41.1 Å². The van der Waals surface area contributed by atoms with Crippen LogP contribution in [-0.4, -0.2) is 39.0 Å². The van der Waals surface area contributed by atoms with E-state index in [1.54, 1.807) is 18.2 Å². The predicted molar refractivity (Wildman–Crippen MR) is 146 cm³/mol. The Balaban J connectivity index is 1.54. The molecule has 1 saturated heterocycles. The number of ether oxygens (including phenoxy) is 2. The molecule has 0 saturated carbocycles. The molecule has 2 aliphatic heterocycles. The van der Waals surface area contributed by atoms with E-state index in [0.29, 0.717) is 19.3 Å². The molecule has 0 amide bonds. The molecule has 39 heavy (non-hydrogen) atoms. The smallest absolute Gasteiger partial charge is 0.311 e. The average molecular weight is 527 g/mol. The van der Waals surface area contributed by atoms with Crippen molar-refractivity contribution in [2.24, 2.45) is 0 Å². The number of allylic oxidation sites excluding steroid dienone is 1. The fraction of sp³-hybridized carbons (Fsp3) is 0.250. The number of fused-ring (bicyclic) bond motifs is 4. The van der Waals surface area contributed by atoms with Gasteiger partial charge in [0, 0.05) is 24.5 Å². The van der Waals surface area contributed by atoms with E-state index in [0.717, 1.165) is 11.1 Å². The summed E-state index contributed by atoms with van der Waals surface area (Å²) < 4.78 is 11.6. The number of hydrogen-bond acceptors (Lipinski definition) is 7. The topological polar surface area (TPSA) is 113 Å². The molecular weight excluding hydrogens is 496 g/mol. The zero-order valence-electron chi connectivity index (χ0n) is 21.3. The zero-order valence-corrected chi connectivity index (χ0v) is 21.3. The summed E-state index contributed by atoms with van der Waals surface area (Å²) in [7, 11) is 0. The fourth-order valence-electron chi connectivity index (χ4n) is 5.27. The predicted octanol–water partition coefficient (Wildman–Crippen LogP) is 5.75. The van der Waals surface area contributed by atoms with Gasteiger partial charge in [0.15, 0.2) is 11.6 Å². The summed E-state index contributed by atoms with van der Waals surface area (Å²) in [5.74, 6) is -4.31. The summed E-state index contributed by atoms with van der Waals surface area (Å²) in [5, 5.41) is 33.6. The Morgan fingerprint density at radius 1 is 0.974 bits per heavy atom. The van der Waals surface area contributed by atoms with Gasteiger partial charge in [-0.05, 0) is 48.5 Å². The molecule has 7 nitrogen and oxygen atoms in total. The second kappa shape index (κ2) is 11.3. The van der Waals surface area contributed by atoms with Gasteiger partial charge >= 0.3 is 5.97 Å². The van der Waals surface area contributed by atoms with Crippen LogP contribution < -0.4 is 4.74 Å². The minimum Gasteiger partial charge on any atom is -0.507 e. The molecule has 2 heterocycles. The van der Waals surface area contributed by atoms with E-state index in [-0.39, 0.29) is 29.7 Å². The molecule has 0 radical (unpaired) electrons. The number of hydrogen-bond donors (Lipinski definition) is 3. The van der Waals surface area contributed by atoms with Gasteiger partial charge in [-0.1, -0.05) is 72.8 Å². The number of aliphatic hydroxyl groups is 1. The van der Waals surface area contributed by atoms with Gasteiger partial charge in [-0.3, -0.25) is 9.59 Å². The first-order valence-corrected chi connectivity index (χ1v) is 13.0. The summed E-state index contributed by atoms with van der Waals surface area (Å²) in [4.78, 5) is 25.7. The van der Waals surface area contributed by atoms with E-state index in [4.69, 9.17) is 9.47 Å². The van der Waals surface area contributed by atoms with Crippen LogP contribution in [0.1, 0.15) is 65.1 Å². The monoisotopic (exact) mass is 526 g/mol. The number of esters is 1. The molecule has 3 aromatic carbocycles. The van der Waals surface area contributed by atoms with E-state index in [9.17, 15) is 24.9 Å². The Labute approximate surface area is 226 Å². The maximum Gasteiger partial charge on any atom is 0.311 e. The number of phenols is 2. The third kappa shape index (κ3) is 6.11. The first kappa shape index (κ1) is 26.4. The number of rotatable bonds is 5. The number of carbonyl (C=O) groups is 2. The van der Waals surface area contributed by atoms with Crippen LogP contribution >= 0.6 is 0 Å². The molecule has 3 N–H and O–H groups in total. The summed E-state index contributed by atoms with van der Waals surface area (Å²) in [6.07, 6.45) is 7.38. The number of phenolic OH excluding ortho intramolecular Hbond substituents is 2. The number of ketones is 1. The van der Waals surface area contributed by atoms with Crippen LogP contribution in [0.2, 0.25) is 0 Å². The van der Waals surface area contributed by atoms with Crippen molar-refractivity contribution in [1.82, 2.24) is 0 Å². The van der Waals surface area contributed by atoms with E-state index >= 15 is 0 Å². The molecule has 0 aliphatic carbocycles. The van der Waals surface area contributed by atoms with E-state index in [1.807, 2.05) is 60.7 Å². The van der Waals surface area contributed by atoms with Crippen molar-refractivity contribution < 1.29 is 34.4 Å². The minimum absolute atomic E-state index is 0.0273. The standard InChI is InChI=1S/C32H30O7/c33-25(15-14-21-8-3-1-4-9-21)30-26(34)19-27-29(31(30)36)23-18-24(12-7-13-28(35)38-27)39-32(37,20-23)17-16-22-10-5-2-6-11-22/h1-6,8-11,14-17,19,23-24,34,36-37H,7,12-13,18,20H2/b15-14+,17-16+/t23-,24-,32+/m1/s1. The van der Waals surface area contributed by atoms with Gasteiger partial charge < -0.3 is 24.8 Å². The van der Waals surface area contributed by atoms with Crippen LogP contribution in [0, 0.1) is 0 Å².